The van der Waals surface area contributed by atoms with Crippen LogP contribution >= 0.6 is 0 Å². The lowest BCUT2D eigenvalue weighted by atomic mass is 10.2. The van der Waals surface area contributed by atoms with Crippen molar-refractivity contribution in [2.75, 3.05) is 38.1 Å². The maximum atomic E-state index is 9.48. The molecule has 0 radical (unpaired) electrons. The first kappa shape index (κ1) is 15.8. The van der Waals surface area contributed by atoms with E-state index in [1.807, 2.05) is 35.8 Å². The van der Waals surface area contributed by atoms with Crippen LogP contribution in [0.5, 0.6) is 0 Å². The summed E-state index contributed by atoms with van der Waals surface area (Å²) in [6.07, 6.45) is 2.42. The highest BCUT2D eigenvalue weighted by molar-refractivity contribution is 5.59. The molecule has 1 fully saturated rings. The summed E-state index contributed by atoms with van der Waals surface area (Å²) < 4.78 is 7.61. The number of fused-ring (bicyclic) bond motifs is 1. The highest BCUT2D eigenvalue weighted by Crippen LogP contribution is 2.20. The van der Waals surface area contributed by atoms with Gasteiger partial charge in [-0.25, -0.2) is 4.98 Å². The van der Waals surface area contributed by atoms with E-state index in [4.69, 9.17) is 4.74 Å². The Kier molecular flexibility index (Phi) is 4.51. The molecule has 2 aromatic heterocycles. The Bertz CT molecular complexity index is 709. The third-order valence-electron chi connectivity index (χ3n) is 4.23. The number of nitrogens with zero attached hydrogens (tertiary/aromatic N) is 5. The van der Waals surface area contributed by atoms with E-state index in [1.54, 1.807) is 0 Å². The number of likely N-dealkylation sites (N-methyl/N-ethyl adjacent to an activating group) is 1. The molecule has 0 spiro atoms. The number of hydrogen-bond donors (Lipinski definition) is 0. The van der Waals surface area contributed by atoms with Crippen LogP contribution < -0.4 is 4.90 Å². The van der Waals surface area contributed by atoms with Crippen molar-refractivity contribution in [1.82, 2.24) is 14.3 Å². The SMILES string of the molecule is C[C@@H]1CN(CCN(C)c2nc3ccccn3c2C#N)C[C@H](C)O1. The van der Waals surface area contributed by atoms with Gasteiger partial charge in [-0.15, -0.1) is 0 Å². The van der Waals surface area contributed by atoms with Crippen molar-refractivity contribution in [1.29, 1.82) is 5.26 Å². The number of aromatic nitrogens is 2. The molecule has 0 aliphatic carbocycles. The second kappa shape index (κ2) is 6.57. The molecule has 0 bridgehead atoms. The van der Waals surface area contributed by atoms with Gasteiger partial charge in [0.05, 0.1) is 12.2 Å². The van der Waals surface area contributed by atoms with Gasteiger partial charge in [-0.3, -0.25) is 9.30 Å². The monoisotopic (exact) mass is 313 g/mol. The maximum absolute atomic E-state index is 9.48. The van der Waals surface area contributed by atoms with Crippen molar-refractivity contribution >= 4 is 11.5 Å². The Morgan fingerprint density at radius 1 is 1.35 bits per heavy atom. The quantitative estimate of drug-likeness (QED) is 0.861. The summed E-state index contributed by atoms with van der Waals surface area (Å²) in [7, 11) is 2.00. The van der Waals surface area contributed by atoms with Crippen molar-refractivity contribution in [3.8, 4) is 6.07 Å². The van der Waals surface area contributed by atoms with E-state index in [9.17, 15) is 5.26 Å². The third-order valence-corrected chi connectivity index (χ3v) is 4.23. The second-order valence-electron chi connectivity index (χ2n) is 6.26. The van der Waals surface area contributed by atoms with Gasteiger partial charge in [0.25, 0.3) is 0 Å². The van der Waals surface area contributed by atoms with Gasteiger partial charge in [-0.1, -0.05) is 6.07 Å². The van der Waals surface area contributed by atoms with Crippen LogP contribution in [0.3, 0.4) is 0 Å². The zero-order chi connectivity index (χ0) is 16.4. The Balaban J connectivity index is 1.71. The molecule has 1 saturated heterocycles. The summed E-state index contributed by atoms with van der Waals surface area (Å²) in [4.78, 5) is 9.08. The van der Waals surface area contributed by atoms with Crippen molar-refractivity contribution in [3.05, 3.63) is 30.1 Å². The van der Waals surface area contributed by atoms with E-state index in [1.165, 1.54) is 0 Å². The van der Waals surface area contributed by atoms with Crippen LogP contribution in [0.1, 0.15) is 19.5 Å². The molecule has 2 atom stereocenters. The lowest BCUT2D eigenvalue weighted by Gasteiger charge is -2.36. The molecule has 2 aromatic rings. The Labute approximate surface area is 136 Å². The largest absolute Gasteiger partial charge is 0.373 e. The van der Waals surface area contributed by atoms with Crippen molar-refractivity contribution in [2.24, 2.45) is 0 Å². The van der Waals surface area contributed by atoms with Gasteiger partial charge >= 0.3 is 0 Å². The summed E-state index contributed by atoms with van der Waals surface area (Å²) in [5.41, 5.74) is 1.39. The fraction of sp³-hybridized carbons (Fsp3) is 0.529. The topological polar surface area (TPSA) is 56.8 Å². The lowest BCUT2D eigenvalue weighted by Crippen LogP contribution is -2.47. The first-order valence-electron chi connectivity index (χ1n) is 8.04. The molecule has 0 N–H and O–H groups in total. The van der Waals surface area contributed by atoms with E-state index < -0.39 is 0 Å². The number of imidazole rings is 1. The summed E-state index contributed by atoms with van der Waals surface area (Å²) in [5.74, 6) is 0.744. The van der Waals surface area contributed by atoms with E-state index >= 15 is 0 Å². The van der Waals surface area contributed by atoms with Gasteiger partial charge in [-0.2, -0.15) is 5.26 Å². The summed E-state index contributed by atoms with van der Waals surface area (Å²) in [6.45, 7) is 7.90. The molecular weight excluding hydrogens is 290 g/mol. The molecular formula is C17H23N5O. The minimum absolute atomic E-state index is 0.272. The molecule has 0 unspecified atom stereocenters. The molecule has 1 aliphatic heterocycles. The van der Waals surface area contributed by atoms with Gasteiger partial charge < -0.3 is 9.64 Å². The van der Waals surface area contributed by atoms with Crippen LogP contribution in [-0.4, -0.2) is 59.7 Å². The number of morpholine rings is 1. The summed E-state index contributed by atoms with van der Waals surface area (Å²) >= 11 is 0. The minimum Gasteiger partial charge on any atom is -0.373 e. The van der Waals surface area contributed by atoms with Gasteiger partial charge in [0.1, 0.15) is 11.7 Å². The Morgan fingerprint density at radius 3 is 2.78 bits per heavy atom. The van der Waals surface area contributed by atoms with Crippen molar-refractivity contribution < 1.29 is 4.74 Å². The fourth-order valence-electron chi connectivity index (χ4n) is 3.22. The summed E-state index contributed by atoms with van der Waals surface area (Å²) in [6, 6.07) is 8.04. The highest BCUT2D eigenvalue weighted by Gasteiger charge is 2.23. The van der Waals surface area contributed by atoms with Crippen LogP contribution in [0, 0.1) is 11.3 Å². The highest BCUT2D eigenvalue weighted by atomic mass is 16.5. The Hall–Kier alpha value is -2.10. The molecule has 0 amide bonds. The number of nitriles is 1. The Morgan fingerprint density at radius 2 is 2.09 bits per heavy atom. The van der Waals surface area contributed by atoms with Crippen molar-refractivity contribution in [3.63, 3.8) is 0 Å². The van der Waals surface area contributed by atoms with Gasteiger partial charge in [0, 0.05) is 39.4 Å². The number of hydrogen-bond acceptors (Lipinski definition) is 5. The average molecular weight is 313 g/mol. The second-order valence-corrected chi connectivity index (χ2v) is 6.26. The maximum Gasteiger partial charge on any atom is 0.169 e. The zero-order valence-electron chi connectivity index (χ0n) is 13.9. The molecule has 3 rings (SSSR count). The van der Waals surface area contributed by atoms with Gasteiger partial charge in [0.2, 0.25) is 0 Å². The van der Waals surface area contributed by atoms with E-state index in [0.29, 0.717) is 5.69 Å². The molecule has 6 heteroatoms. The summed E-state index contributed by atoms with van der Waals surface area (Å²) in [5, 5.41) is 9.48. The molecule has 1 aliphatic rings. The van der Waals surface area contributed by atoms with E-state index in [0.717, 1.165) is 37.6 Å². The lowest BCUT2D eigenvalue weighted by molar-refractivity contribution is -0.0670. The molecule has 3 heterocycles. The van der Waals surface area contributed by atoms with Crippen LogP contribution in [-0.2, 0) is 4.74 Å². The van der Waals surface area contributed by atoms with E-state index in [2.05, 4.69) is 34.7 Å². The zero-order valence-corrected chi connectivity index (χ0v) is 13.9. The number of ether oxygens (including phenoxy) is 1. The van der Waals surface area contributed by atoms with E-state index in [-0.39, 0.29) is 12.2 Å². The number of pyridine rings is 1. The molecule has 6 nitrogen and oxygen atoms in total. The molecule has 0 aromatic carbocycles. The van der Waals surface area contributed by atoms with Crippen LogP contribution in [0.15, 0.2) is 24.4 Å². The van der Waals surface area contributed by atoms with Crippen LogP contribution in [0.25, 0.3) is 5.65 Å². The normalized spacial score (nSPS) is 22.2. The predicted molar refractivity (Wildman–Crippen MR) is 89.6 cm³/mol. The standard InChI is InChI=1S/C17H23N5O/c1-13-11-21(12-14(2)23-13)9-8-20(3)17-15(10-18)22-7-5-4-6-16(22)19-17/h4-7,13-14H,8-9,11-12H2,1-3H3/t13-,14+. The number of anilines is 1. The molecule has 0 saturated carbocycles. The molecule has 122 valence electrons. The first-order chi connectivity index (χ1) is 11.1. The third kappa shape index (κ3) is 3.31. The van der Waals surface area contributed by atoms with Crippen LogP contribution in [0.2, 0.25) is 0 Å². The average Bonchev–Trinajstić information content (AvgIpc) is 2.90. The van der Waals surface area contributed by atoms with Crippen molar-refractivity contribution in [2.45, 2.75) is 26.1 Å². The molecule has 23 heavy (non-hydrogen) atoms. The number of rotatable bonds is 4. The fourth-order valence-corrected chi connectivity index (χ4v) is 3.22. The smallest absolute Gasteiger partial charge is 0.169 e. The van der Waals surface area contributed by atoms with Crippen LogP contribution in [0.4, 0.5) is 5.82 Å². The van der Waals surface area contributed by atoms with Gasteiger partial charge in [-0.05, 0) is 26.0 Å². The minimum atomic E-state index is 0.272. The first-order valence-corrected chi connectivity index (χ1v) is 8.04. The predicted octanol–water partition coefficient (Wildman–Crippen LogP) is 1.75. The van der Waals surface area contributed by atoms with Gasteiger partial charge in [0.15, 0.2) is 11.5 Å².